The molecule has 0 amide bonds. The number of hydrogen-bond donors (Lipinski definition) is 1. The predicted molar refractivity (Wildman–Crippen MR) is 118 cm³/mol. The minimum absolute atomic E-state index is 0.150. The van der Waals surface area contributed by atoms with Gasteiger partial charge in [0, 0.05) is 6.07 Å². The Morgan fingerprint density at radius 3 is 2.60 bits per heavy atom. The van der Waals surface area contributed by atoms with Gasteiger partial charge in [0.15, 0.2) is 10.9 Å². The van der Waals surface area contributed by atoms with E-state index in [1.54, 1.807) is 16.7 Å². The first-order valence-corrected chi connectivity index (χ1v) is 10.5. The highest BCUT2D eigenvalue weighted by molar-refractivity contribution is 7.98. The summed E-state index contributed by atoms with van der Waals surface area (Å²) in [4.78, 5) is 29.9. The molecular weight excluding hydrogens is 400 g/mol. The van der Waals surface area contributed by atoms with E-state index in [-0.39, 0.29) is 17.2 Å². The van der Waals surface area contributed by atoms with Crippen molar-refractivity contribution in [1.29, 1.82) is 0 Å². The average Bonchev–Trinajstić information content (AvgIpc) is 2.75. The van der Waals surface area contributed by atoms with E-state index in [0.29, 0.717) is 21.8 Å². The second-order valence-electron chi connectivity index (χ2n) is 7.15. The summed E-state index contributed by atoms with van der Waals surface area (Å²) < 4.78 is 6.93. The Labute approximate surface area is 176 Å². The molecule has 0 atom stereocenters. The van der Waals surface area contributed by atoms with Crippen LogP contribution < -0.4 is 11.0 Å². The molecule has 4 rings (SSSR count). The van der Waals surface area contributed by atoms with Gasteiger partial charge in [-0.05, 0) is 29.7 Å². The molecule has 0 unspecified atom stereocenters. The fourth-order valence-electron chi connectivity index (χ4n) is 3.26. The predicted octanol–water partition coefficient (Wildman–Crippen LogP) is 4.46. The lowest BCUT2D eigenvalue weighted by Crippen LogP contribution is -2.23. The highest BCUT2D eigenvalue weighted by Gasteiger charge is 2.17. The van der Waals surface area contributed by atoms with Gasteiger partial charge >= 0.3 is 0 Å². The summed E-state index contributed by atoms with van der Waals surface area (Å²) in [5.41, 5.74) is 1.77. The minimum Gasteiger partial charge on any atom is -0.502 e. The van der Waals surface area contributed by atoms with E-state index in [2.05, 4.69) is 13.8 Å². The molecule has 2 heterocycles. The van der Waals surface area contributed by atoms with Gasteiger partial charge in [-0.3, -0.25) is 14.2 Å². The van der Waals surface area contributed by atoms with Crippen LogP contribution in [0.4, 0.5) is 0 Å². The van der Waals surface area contributed by atoms with Crippen LogP contribution in [0, 0.1) is 0 Å². The number of aromatic hydroxyl groups is 1. The van der Waals surface area contributed by atoms with E-state index in [1.807, 2.05) is 36.4 Å². The third kappa shape index (κ3) is 3.76. The largest absolute Gasteiger partial charge is 0.502 e. The molecule has 0 aliphatic carbocycles. The Morgan fingerprint density at radius 1 is 1.10 bits per heavy atom. The number of rotatable bonds is 5. The number of aromatic nitrogens is 2. The van der Waals surface area contributed by atoms with Gasteiger partial charge in [-0.1, -0.05) is 55.9 Å². The Morgan fingerprint density at radius 2 is 1.83 bits per heavy atom. The quantitative estimate of drug-likeness (QED) is 0.379. The molecule has 2 aromatic carbocycles. The molecule has 6 nitrogen and oxygen atoms in total. The third-order valence-electron chi connectivity index (χ3n) is 4.75. The van der Waals surface area contributed by atoms with Gasteiger partial charge in [-0.15, -0.1) is 0 Å². The maximum absolute atomic E-state index is 13.4. The Hall–Kier alpha value is -3.32. The Bertz CT molecular complexity index is 1340. The van der Waals surface area contributed by atoms with E-state index in [4.69, 9.17) is 9.40 Å². The first kappa shape index (κ1) is 20.0. The number of para-hydroxylation sites is 2. The molecule has 0 spiro atoms. The van der Waals surface area contributed by atoms with Crippen molar-refractivity contribution >= 4 is 22.7 Å². The summed E-state index contributed by atoms with van der Waals surface area (Å²) in [5.74, 6) is 0.446. The lowest BCUT2D eigenvalue weighted by molar-refractivity contribution is 0.419. The number of hydrogen-bond acceptors (Lipinski definition) is 6. The summed E-state index contributed by atoms with van der Waals surface area (Å²) in [7, 11) is 0. The molecule has 7 heteroatoms. The van der Waals surface area contributed by atoms with Gasteiger partial charge in [-0.25, -0.2) is 4.98 Å². The van der Waals surface area contributed by atoms with E-state index in [0.717, 1.165) is 17.5 Å². The zero-order valence-corrected chi connectivity index (χ0v) is 17.3. The topological polar surface area (TPSA) is 85.3 Å². The monoisotopic (exact) mass is 420 g/mol. The lowest BCUT2D eigenvalue weighted by atomic mass is 10.0. The van der Waals surface area contributed by atoms with Crippen LogP contribution in [0.25, 0.3) is 16.6 Å². The number of nitrogens with zero attached hydrogens (tertiary/aromatic N) is 2. The average molecular weight is 420 g/mol. The van der Waals surface area contributed by atoms with E-state index in [9.17, 15) is 14.7 Å². The molecule has 0 aliphatic heterocycles. The van der Waals surface area contributed by atoms with Crippen molar-refractivity contribution in [3.63, 3.8) is 0 Å². The van der Waals surface area contributed by atoms with Crippen molar-refractivity contribution in [1.82, 2.24) is 9.55 Å². The maximum atomic E-state index is 13.4. The number of benzene rings is 2. The van der Waals surface area contributed by atoms with Gasteiger partial charge in [-0.2, -0.15) is 0 Å². The van der Waals surface area contributed by atoms with Crippen LogP contribution in [0.15, 0.2) is 80.0 Å². The van der Waals surface area contributed by atoms with Crippen LogP contribution in [-0.4, -0.2) is 14.7 Å². The minimum atomic E-state index is -0.508. The fourth-order valence-corrected chi connectivity index (χ4v) is 4.15. The van der Waals surface area contributed by atoms with Crippen molar-refractivity contribution in [2.45, 2.75) is 30.7 Å². The third-order valence-corrected chi connectivity index (χ3v) is 5.72. The van der Waals surface area contributed by atoms with Crippen molar-refractivity contribution in [2.75, 3.05) is 0 Å². The Kier molecular flexibility index (Phi) is 5.46. The first-order chi connectivity index (χ1) is 14.5. The van der Waals surface area contributed by atoms with Gasteiger partial charge < -0.3 is 9.52 Å². The van der Waals surface area contributed by atoms with Crippen molar-refractivity contribution in [3.8, 4) is 11.4 Å². The smallest absolute Gasteiger partial charge is 0.266 e. The molecule has 0 aliphatic rings. The van der Waals surface area contributed by atoms with Crippen LogP contribution in [0.1, 0.15) is 31.1 Å². The molecule has 0 fully saturated rings. The number of fused-ring (bicyclic) bond motifs is 1. The van der Waals surface area contributed by atoms with Crippen molar-refractivity contribution < 1.29 is 9.52 Å². The molecule has 2 aromatic heterocycles. The fraction of sp³-hybridized carbons (Fsp3) is 0.174. The van der Waals surface area contributed by atoms with E-state index >= 15 is 0 Å². The van der Waals surface area contributed by atoms with Gasteiger partial charge in [0.2, 0.25) is 5.43 Å². The van der Waals surface area contributed by atoms with Crippen LogP contribution in [0.5, 0.6) is 5.75 Å². The molecule has 30 heavy (non-hydrogen) atoms. The highest BCUT2D eigenvalue weighted by atomic mass is 32.2. The first-order valence-electron chi connectivity index (χ1n) is 9.50. The van der Waals surface area contributed by atoms with Crippen molar-refractivity contribution in [3.05, 3.63) is 92.8 Å². The van der Waals surface area contributed by atoms with Gasteiger partial charge in [0.05, 0.1) is 22.3 Å². The summed E-state index contributed by atoms with van der Waals surface area (Å²) >= 11 is 1.30. The SMILES string of the molecule is CC(C)c1ccccc1-n1c(SCc2cc(=O)c(O)co2)nc2ccccc2c1=O. The van der Waals surface area contributed by atoms with Gasteiger partial charge in [0.25, 0.3) is 5.56 Å². The molecule has 152 valence electrons. The summed E-state index contributed by atoms with van der Waals surface area (Å²) in [5, 5.41) is 10.4. The maximum Gasteiger partial charge on any atom is 0.266 e. The highest BCUT2D eigenvalue weighted by Crippen LogP contribution is 2.28. The van der Waals surface area contributed by atoms with Crippen molar-refractivity contribution in [2.24, 2.45) is 0 Å². The second kappa shape index (κ2) is 8.20. The standard InChI is InChI=1S/C23H20N2O4S/c1-14(2)16-7-4-6-10-19(16)25-22(28)17-8-3-5-9-18(17)24-23(25)30-13-15-11-20(26)21(27)12-29-15/h3-12,14,27H,13H2,1-2H3. The Balaban J connectivity index is 1.88. The molecule has 0 radical (unpaired) electrons. The van der Waals surface area contributed by atoms with E-state index < -0.39 is 11.2 Å². The lowest BCUT2D eigenvalue weighted by Gasteiger charge is -2.18. The molecule has 0 bridgehead atoms. The zero-order chi connectivity index (χ0) is 21.3. The molecule has 4 aromatic rings. The molecule has 0 saturated carbocycles. The second-order valence-corrected chi connectivity index (χ2v) is 8.09. The van der Waals surface area contributed by atoms with Gasteiger partial charge in [0.1, 0.15) is 12.0 Å². The zero-order valence-electron chi connectivity index (χ0n) is 16.5. The van der Waals surface area contributed by atoms with E-state index in [1.165, 1.54) is 17.8 Å². The van der Waals surface area contributed by atoms with Crippen LogP contribution in [-0.2, 0) is 5.75 Å². The number of thioether (sulfide) groups is 1. The molecule has 0 saturated heterocycles. The normalized spacial score (nSPS) is 11.3. The summed E-state index contributed by atoms with van der Waals surface area (Å²) in [6.45, 7) is 4.16. The molecule has 1 N–H and O–H groups in total. The molecular formula is C23H20N2O4S. The van der Waals surface area contributed by atoms with Crippen LogP contribution in [0.3, 0.4) is 0 Å². The van der Waals surface area contributed by atoms with Crippen LogP contribution >= 0.6 is 11.8 Å². The summed E-state index contributed by atoms with van der Waals surface area (Å²) in [6.07, 6.45) is 1.02. The summed E-state index contributed by atoms with van der Waals surface area (Å²) in [6, 6.07) is 16.3. The van der Waals surface area contributed by atoms with Crippen LogP contribution in [0.2, 0.25) is 0 Å².